The zero-order chi connectivity index (χ0) is 88.7. The van der Waals surface area contributed by atoms with Crippen LogP contribution in [0.5, 0.6) is 23.0 Å². The average Bonchev–Trinajstić information content (AvgIpc) is 1.55. The Hall–Kier alpha value is -8.03. The Bertz CT molecular complexity index is 5870. The van der Waals surface area contributed by atoms with Gasteiger partial charge in [0, 0.05) is 71.3 Å². The number of carbonyl (C=O) groups excluding carboxylic acids is 1. The first-order valence-corrected chi connectivity index (χ1v) is 40.3. The lowest BCUT2D eigenvalue weighted by Crippen LogP contribution is -2.46. The van der Waals surface area contributed by atoms with Gasteiger partial charge in [-0.3, -0.25) is 84.0 Å². The number of ether oxygens (including phenoxy) is 4. The highest BCUT2D eigenvalue weighted by molar-refractivity contribution is 7.71. The van der Waals surface area contributed by atoms with Gasteiger partial charge in [-0.1, -0.05) is 79.4 Å². The van der Waals surface area contributed by atoms with Gasteiger partial charge in [0.25, 0.3) is 46.0 Å². The Morgan fingerprint density at radius 1 is 0.457 bits per heavy atom. The van der Waals surface area contributed by atoms with Crippen molar-refractivity contribution in [2.45, 2.75) is 124 Å². The van der Waals surface area contributed by atoms with Crippen LogP contribution in [0.3, 0.4) is 0 Å². The van der Waals surface area contributed by atoms with Crippen LogP contribution in [0, 0.1) is 14.3 Å². The first kappa shape index (κ1) is 77.9. The van der Waals surface area contributed by atoms with Crippen molar-refractivity contribution >= 4 is 73.9 Å². The molecule has 4 fully saturated rings. The number of aromatic amines is 3. The molecule has 9 aliphatic rings. The standard InChI is InChI=1S/C17H18FN2O8P.3C16H16FN2O8PS/c1-10-19-13(21)6-7-20(10)16-14(22)15(23)17(18,27-16)9-26-29(24)25-8-11-4-2-3-5-12(11)28-29;3*17-16(8-25-28(23)24-7-9-3-1-2-4-10(9)27-28)13(22)12(21)14(26-16)19-6-5-11(20)18-15(19)29/h2-7,14-16,22-23H,1,8-9H2,(H,19,21);3*1-6,12-14,21-22H,7-8H2,(H,18,20,29)/t14-,15+,16-,17-,29?;3*12-,13+,14-,16-,28?/m1111/s1/i9D2,16D;14D;8D2;. The number of H-pyrrole nitrogens is 3. The molecule has 4 aromatic carbocycles. The lowest BCUT2D eigenvalue weighted by atomic mass is 10.1. The second kappa shape index (κ2) is 34.0. The highest BCUT2D eigenvalue weighted by Crippen LogP contribution is 2.60. The Balaban J connectivity index is 0.000000140. The number of aromatic nitrogens is 6. The van der Waals surface area contributed by atoms with E-state index in [4.69, 9.17) is 118 Å². The maximum absolute atomic E-state index is 15.8. The average molecular weight is 1770 g/mol. The number of para-hydroxylation sites is 4. The van der Waals surface area contributed by atoms with E-state index in [-0.39, 0.29) is 69.6 Å². The number of phosphoric ester groups is 4. The van der Waals surface area contributed by atoms with Gasteiger partial charge >= 0.3 is 31.3 Å². The topological polar surface area (TPSA) is 524 Å². The summed E-state index contributed by atoms with van der Waals surface area (Å²) < 4.78 is 244. The molecule has 624 valence electrons. The summed E-state index contributed by atoms with van der Waals surface area (Å²) in [5.74, 6) is -14.1. The summed E-state index contributed by atoms with van der Waals surface area (Å²) in [5, 5.41) is 84.2. The van der Waals surface area contributed by atoms with Gasteiger partial charge < -0.3 is 88.1 Å². The van der Waals surface area contributed by atoms with E-state index in [0.29, 0.717) is 27.2 Å². The molecule has 40 nitrogen and oxygen atoms in total. The molecule has 9 aliphatic heterocycles. The summed E-state index contributed by atoms with van der Waals surface area (Å²) in [5.41, 5.74) is 0.558. The summed E-state index contributed by atoms with van der Waals surface area (Å²) in [6.07, 6.45) is -21.5. The van der Waals surface area contributed by atoms with Crippen LogP contribution in [-0.2, 0) is 105 Å². The number of carbonyl (C=O) groups is 1. The van der Waals surface area contributed by atoms with E-state index in [1.807, 2.05) is 0 Å². The van der Waals surface area contributed by atoms with E-state index < -0.39 is 177 Å². The van der Waals surface area contributed by atoms with Crippen LogP contribution in [0.25, 0.3) is 0 Å². The molecule has 4 saturated heterocycles. The fraction of sp³-hybridized carbons (Fsp3) is 0.369. The van der Waals surface area contributed by atoms with Gasteiger partial charge in [0.1, 0.15) is 104 Å². The number of nitrogens with one attached hydrogen (secondary N) is 4. The number of halogens is 4. The molecule has 3 aromatic heterocycles. The quantitative estimate of drug-likeness (QED) is 0.0320. The van der Waals surface area contributed by atoms with Gasteiger partial charge in [-0.2, -0.15) is 0 Å². The van der Waals surface area contributed by atoms with Gasteiger partial charge in [0.15, 0.2) is 39.2 Å². The van der Waals surface area contributed by atoms with Crippen LogP contribution < -0.4 is 40.1 Å². The van der Waals surface area contributed by atoms with E-state index in [1.54, 1.807) is 78.9 Å². The molecule has 4 unspecified atom stereocenters. The van der Waals surface area contributed by atoms with E-state index in [0.717, 1.165) is 56.6 Å². The van der Waals surface area contributed by atoms with Crippen LogP contribution in [0.15, 0.2) is 173 Å². The summed E-state index contributed by atoms with van der Waals surface area (Å²) >= 11 is 14.8. The van der Waals surface area contributed by atoms with Crippen LogP contribution in [0.1, 0.15) is 49.1 Å². The van der Waals surface area contributed by atoms with E-state index >= 15 is 17.6 Å². The van der Waals surface area contributed by atoms with Crippen LogP contribution in [0.2, 0.25) is 0 Å². The lowest BCUT2D eigenvalue weighted by Gasteiger charge is -2.32. The minimum Gasteiger partial charge on any atom is -0.404 e. The fourth-order valence-corrected chi connectivity index (χ4v) is 16.7. The number of amides is 1. The SMILES string of the molecule is O=c1ccn([C@@H]2O[C@](F)(COP3(=O)OCc4ccccc4O3)[C@@H](O)[C@H]2O)c(=S)[nH]1.[2H]C([2H])(OP1(=O)OCc2ccccc2O1)[C@@]1(F)O[C@@H](n2ccc(=O)[nH]c2=S)[C@H](O)[C@@H]1O.[2H]C([2H])(OP1(=O)OCc2ccccc2O1)[C@@]1(F)O[C@@]([2H])(N2C=CC(=O)NC2=C)[C@H](O)[C@@H]1O.[2H][C@@]1(n2ccc(=O)[nH]c2=S)O[C@](F)(COP2(=O)OCc3ccccc3O2)[C@@H](O)[C@H]1O. The zero-order valence-electron chi connectivity index (χ0n) is 64.3. The lowest BCUT2D eigenvalue weighted by molar-refractivity contribution is -0.208. The fourth-order valence-electron chi connectivity index (χ4n) is 11.3. The molecule has 51 heteroatoms. The molecule has 116 heavy (non-hydrogen) atoms. The number of benzene rings is 4. The van der Waals surface area contributed by atoms with Crippen molar-refractivity contribution in [1.82, 2.24) is 38.9 Å². The summed E-state index contributed by atoms with van der Waals surface area (Å²) in [4.78, 5) is 52.7. The van der Waals surface area contributed by atoms with Crippen molar-refractivity contribution < 1.29 is 163 Å². The molecule has 20 atom stereocenters. The van der Waals surface area contributed by atoms with Crippen molar-refractivity contribution in [1.29, 1.82) is 0 Å². The number of aliphatic hydroxyl groups excluding tert-OH is 8. The molecule has 0 bridgehead atoms. The molecule has 0 saturated carbocycles. The zero-order valence-corrected chi connectivity index (χ0v) is 64.3. The van der Waals surface area contributed by atoms with Crippen molar-refractivity contribution in [2.24, 2.45) is 0 Å². The van der Waals surface area contributed by atoms with Crippen LogP contribution in [0.4, 0.5) is 17.6 Å². The first-order valence-electron chi connectivity index (χ1n) is 36.2. The molecule has 0 radical (unpaired) electrons. The molecule has 0 aliphatic carbocycles. The molecule has 16 rings (SSSR count). The van der Waals surface area contributed by atoms with Gasteiger partial charge in [-0.05, 0) is 60.9 Å². The van der Waals surface area contributed by atoms with Crippen molar-refractivity contribution in [3.63, 3.8) is 0 Å². The largest absolute Gasteiger partial charge is 0.530 e. The third-order valence-electron chi connectivity index (χ3n) is 17.3. The molecule has 12 N–H and O–H groups in total. The maximum Gasteiger partial charge on any atom is 0.530 e. The molecular weight excluding hydrogens is 1700 g/mol. The van der Waals surface area contributed by atoms with Crippen molar-refractivity contribution in [2.75, 3.05) is 26.3 Å². The second-order valence-electron chi connectivity index (χ2n) is 25.2. The molecule has 1 amide bonds. The summed E-state index contributed by atoms with van der Waals surface area (Å²) in [6, 6.07) is 28.8. The van der Waals surface area contributed by atoms with Gasteiger partial charge in [0.05, 0.1) is 34.7 Å². The highest BCUT2D eigenvalue weighted by atomic mass is 32.1. The number of rotatable bonds is 16. The Morgan fingerprint density at radius 2 is 0.767 bits per heavy atom. The van der Waals surface area contributed by atoms with Crippen molar-refractivity contribution in [3.05, 3.63) is 226 Å². The number of nitrogens with zero attached hydrogens (tertiary/aromatic N) is 4. The minimum absolute atomic E-state index is 0.0547. The van der Waals surface area contributed by atoms with Gasteiger partial charge in [0.2, 0.25) is 0 Å². The highest BCUT2D eigenvalue weighted by Gasteiger charge is 2.62. The minimum atomic E-state index is -4.75. The predicted octanol–water partition coefficient (Wildman–Crippen LogP) is 5.55. The van der Waals surface area contributed by atoms with Crippen LogP contribution in [-0.4, -0.2) is 185 Å². The number of hydrogen-bond donors (Lipinski definition) is 12. The third-order valence-corrected chi connectivity index (χ3v) is 23.2. The smallest absolute Gasteiger partial charge is 0.404 e. The Morgan fingerprint density at radius 3 is 1.16 bits per heavy atom. The molecule has 0 spiro atoms. The summed E-state index contributed by atoms with van der Waals surface area (Å²) in [6.45, 7) is -6.91. The Kier molecular flexibility index (Phi) is 22.8. The maximum atomic E-state index is 15.8. The molecule has 7 aromatic rings. The first-order chi connectivity index (χ1) is 57.0. The van der Waals surface area contributed by atoms with Crippen LogP contribution >= 0.6 is 67.9 Å². The number of alkyl halides is 4. The third kappa shape index (κ3) is 18.4. The molecule has 12 heterocycles. The number of hydrogen-bond acceptors (Lipinski definition) is 36. The van der Waals surface area contributed by atoms with E-state index in [2.05, 4.69) is 26.8 Å². The summed E-state index contributed by atoms with van der Waals surface area (Å²) in [7, 11) is -17.9. The van der Waals surface area contributed by atoms with Gasteiger partial charge in [-0.15, -0.1) is 0 Å². The predicted molar refractivity (Wildman–Crippen MR) is 386 cm³/mol. The molecular formula is C65H66F4N8O32P4S3. The monoisotopic (exact) mass is 1770 g/mol. The second-order valence-corrected chi connectivity index (χ2v) is 32.5. The number of fused-ring (bicyclic) bond motifs is 4. The van der Waals surface area contributed by atoms with E-state index in [1.165, 1.54) is 24.4 Å². The normalized spacial score (nSPS) is 36.8. The number of aliphatic hydroxyl groups is 8. The van der Waals surface area contributed by atoms with Crippen molar-refractivity contribution in [3.8, 4) is 23.0 Å². The number of phosphoric acid groups is 4. The Labute approximate surface area is 671 Å². The van der Waals surface area contributed by atoms with Gasteiger partial charge in [-0.25, -0.2) is 35.8 Å². The van der Waals surface area contributed by atoms with E-state index in [9.17, 15) is 78.3 Å².